The molecule has 8 nitrogen and oxygen atoms in total. The number of urea groups is 1. The first kappa shape index (κ1) is 17.8. The summed E-state index contributed by atoms with van der Waals surface area (Å²) < 4.78 is 0. The minimum absolute atomic E-state index is 0.345. The fourth-order valence-electron chi connectivity index (χ4n) is 2.86. The van der Waals surface area contributed by atoms with E-state index in [0.29, 0.717) is 27.5 Å². The summed E-state index contributed by atoms with van der Waals surface area (Å²) in [5.41, 5.74) is 9.26. The zero-order chi connectivity index (χ0) is 19.7. The topological polar surface area (TPSA) is 109 Å². The van der Waals surface area contributed by atoms with Crippen molar-refractivity contribution in [1.82, 2.24) is 16.5 Å². The fraction of sp³-hybridized carbons (Fsp3) is 0. The number of benzene rings is 3. The molecule has 9 heteroatoms. The van der Waals surface area contributed by atoms with E-state index in [-0.39, 0.29) is 5.91 Å². The van der Waals surface area contributed by atoms with Crippen molar-refractivity contribution in [3.63, 3.8) is 0 Å². The number of carbonyl (C=O) groups is 2. The second kappa shape index (κ2) is 7.17. The molecule has 1 fully saturated rings. The largest absolute Gasteiger partial charge is 0.353 e. The number of nitrogens with zero attached hydrogens (tertiary/aromatic N) is 2. The average molecular weight is 393 g/mol. The Morgan fingerprint density at radius 2 is 1.86 bits per heavy atom. The van der Waals surface area contributed by atoms with Crippen LogP contribution in [-0.4, -0.2) is 11.9 Å². The molecule has 0 aliphatic carbocycles. The summed E-state index contributed by atoms with van der Waals surface area (Å²) in [4.78, 5) is 24.7. The molecule has 1 aliphatic heterocycles. The summed E-state index contributed by atoms with van der Waals surface area (Å²) in [5.74, 6) is -0.345. The quantitative estimate of drug-likeness (QED) is 0.547. The molecule has 0 radical (unpaired) electrons. The number of hydrazine groups is 3. The van der Waals surface area contributed by atoms with Gasteiger partial charge < -0.3 is 5.32 Å². The SMILES string of the molecule is N#Cc1ccc2cc(C(=O)Nc3ccc(Cl)cc3N3NNNC3=O)ccc2c1. The standard InChI is InChI=1S/C19H13ClN6O2/c20-15-5-6-16(17(9-15)26-19(28)23-24-25-26)22-18(27)14-4-3-12-7-11(10-21)1-2-13(12)8-14/h1-9,24-25H,(H,22,27)(H,23,28). The lowest BCUT2D eigenvalue weighted by atomic mass is 10.0. The van der Waals surface area contributed by atoms with Crippen molar-refractivity contribution in [2.45, 2.75) is 0 Å². The van der Waals surface area contributed by atoms with E-state index in [4.69, 9.17) is 16.9 Å². The van der Waals surface area contributed by atoms with Crippen LogP contribution in [0.25, 0.3) is 10.8 Å². The molecule has 28 heavy (non-hydrogen) atoms. The van der Waals surface area contributed by atoms with E-state index in [2.05, 4.69) is 27.9 Å². The Morgan fingerprint density at radius 1 is 1.07 bits per heavy atom. The van der Waals surface area contributed by atoms with Gasteiger partial charge in [-0.1, -0.05) is 23.7 Å². The van der Waals surface area contributed by atoms with Crippen LogP contribution in [0.3, 0.4) is 0 Å². The zero-order valence-corrected chi connectivity index (χ0v) is 15.0. The summed E-state index contributed by atoms with van der Waals surface area (Å²) in [6.45, 7) is 0. The molecule has 0 atom stereocenters. The monoisotopic (exact) mass is 392 g/mol. The molecule has 4 N–H and O–H groups in total. The number of fused-ring (bicyclic) bond motifs is 1. The number of halogens is 1. The molecule has 3 aromatic carbocycles. The number of rotatable bonds is 3. The highest BCUT2D eigenvalue weighted by molar-refractivity contribution is 6.31. The first-order valence-electron chi connectivity index (χ1n) is 8.21. The van der Waals surface area contributed by atoms with Crippen molar-refractivity contribution in [2.24, 2.45) is 0 Å². The minimum atomic E-state index is -0.447. The lowest BCUT2D eigenvalue weighted by Crippen LogP contribution is -2.38. The van der Waals surface area contributed by atoms with E-state index in [9.17, 15) is 9.59 Å². The Balaban J connectivity index is 1.64. The summed E-state index contributed by atoms with van der Waals surface area (Å²) in [5, 5.41) is 15.1. The number of nitrogens with one attached hydrogen (secondary N) is 4. The van der Waals surface area contributed by atoms with Gasteiger partial charge in [-0.3, -0.25) is 10.2 Å². The highest BCUT2D eigenvalue weighted by Gasteiger charge is 2.24. The van der Waals surface area contributed by atoms with Crippen LogP contribution in [-0.2, 0) is 0 Å². The van der Waals surface area contributed by atoms with E-state index in [0.717, 1.165) is 10.8 Å². The van der Waals surface area contributed by atoms with E-state index >= 15 is 0 Å². The molecule has 0 unspecified atom stereocenters. The molecular weight excluding hydrogens is 380 g/mol. The molecule has 4 rings (SSSR count). The van der Waals surface area contributed by atoms with Crippen molar-refractivity contribution in [3.8, 4) is 6.07 Å². The number of carbonyl (C=O) groups excluding carboxylic acids is 2. The number of hydrogen-bond donors (Lipinski definition) is 4. The molecule has 0 saturated carbocycles. The average Bonchev–Trinajstić information content (AvgIpc) is 3.14. The molecule has 138 valence electrons. The lowest BCUT2D eigenvalue weighted by Gasteiger charge is -2.18. The smallest absolute Gasteiger partial charge is 0.320 e. The van der Waals surface area contributed by atoms with E-state index < -0.39 is 6.03 Å². The van der Waals surface area contributed by atoms with Crippen molar-refractivity contribution in [2.75, 3.05) is 10.3 Å². The van der Waals surface area contributed by atoms with Gasteiger partial charge in [0.15, 0.2) is 0 Å². The van der Waals surface area contributed by atoms with Gasteiger partial charge >= 0.3 is 6.03 Å². The number of hydrogen-bond acceptors (Lipinski definition) is 5. The third-order valence-corrected chi connectivity index (χ3v) is 4.46. The second-order valence-corrected chi connectivity index (χ2v) is 6.44. The number of amides is 3. The van der Waals surface area contributed by atoms with Crippen LogP contribution in [0.4, 0.5) is 16.2 Å². The summed E-state index contributed by atoms with van der Waals surface area (Å²) in [7, 11) is 0. The van der Waals surface area contributed by atoms with Crippen molar-refractivity contribution >= 4 is 45.7 Å². The number of anilines is 2. The predicted molar refractivity (Wildman–Crippen MR) is 105 cm³/mol. The Bertz CT molecular complexity index is 1160. The Labute approximate surface area is 164 Å². The molecule has 1 heterocycles. The maximum Gasteiger partial charge on any atom is 0.353 e. The molecule has 1 saturated heterocycles. The highest BCUT2D eigenvalue weighted by atomic mass is 35.5. The predicted octanol–water partition coefficient (Wildman–Crippen LogP) is 3.07. The summed E-state index contributed by atoms with van der Waals surface area (Å²) >= 11 is 6.04. The third-order valence-electron chi connectivity index (χ3n) is 4.22. The summed E-state index contributed by atoms with van der Waals surface area (Å²) in [6, 6.07) is 16.9. The van der Waals surface area contributed by atoms with Gasteiger partial charge in [0.05, 0.1) is 23.0 Å². The molecule has 3 amide bonds. The van der Waals surface area contributed by atoms with Gasteiger partial charge in [0.25, 0.3) is 5.91 Å². The van der Waals surface area contributed by atoms with E-state index in [1.165, 1.54) is 5.01 Å². The maximum atomic E-state index is 12.8. The Hall–Kier alpha value is -3.64. The third kappa shape index (κ3) is 3.33. The van der Waals surface area contributed by atoms with Crippen molar-refractivity contribution in [3.05, 3.63) is 70.7 Å². The molecule has 0 spiro atoms. The molecule has 1 aliphatic rings. The first-order valence-corrected chi connectivity index (χ1v) is 8.58. The van der Waals surface area contributed by atoms with Gasteiger partial charge in [0.2, 0.25) is 0 Å². The van der Waals surface area contributed by atoms with E-state index in [1.54, 1.807) is 54.6 Å². The lowest BCUT2D eigenvalue weighted by molar-refractivity contribution is 0.102. The second-order valence-electron chi connectivity index (χ2n) is 6.01. The Kier molecular flexibility index (Phi) is 4.55. The van der Waals surface area contributed by atoms with Crippen LogP contribution in [0.5, 0.6) is 0 Å². The minimum Gasteiger partial charge on any atom is -0.320 e. The van der Waals surface area contributed by atoms with Crippen molar-refractivity contribution < 1.29 is 9.59 Å². The van der Waals surface area contributed by atoms with Gasteiger partial charge in [-0.25, -0.2) is 9.80 Å². The van der Waals surface area contributed by atoms with Gasteiger partial charge in [-0.15, -0.1) is 11.1 Å². The maximum absolute atomic E-state index is 12.8. The Morgan fingerprint density at radius 3 is 2.61 bits per heavy atom. The van der Waals surface area contributed by atoms with Gasteiger partial charge in [0, 0.05) is 10.6 Å². The van der Waals surface area contributed by atoms with Crippen LogP contribution < -0.4 is 26.8 Å². The van der Waals surface area contributed by atoms with Crippen LogP contribution in [0.1, 0.15) is 15.9 Å². The van der Waals surface area contributed by atoms with Gasteiger partial charge in [0.1, 0.15) is 0 Å². The van der Waals surface area contributed by atoms with Crippen LogP contribution in [0.2, 0.25) is 5.02 Å². The van der Waals surface area contributed by atoms with Crippen molar-refractivity contribution in [1.29, 1.82) is 5.26 Å². The summed E-state index contributed by atoms with van der Waals surface area (Å²) in [6.07, 6.45) is 0. The van der Waals surface area contributed by atoms with Crippen LogP contribution in [0.15, 0.2) is 54.6 Å². The van der Waals surface area contributed by atoms with E-state index in [1.807, 2.05) is 0 Å². The van der Waals surface area contributed by atoms with Gasteiger partial charge in [-0.2, -0.15) is 5.26 Å². The number of nitriles is 1. The fourth-order valence-corrected chi connectivity index (χ4v) is 3.03. The first-order chi connectivity index (χ1) is 13.5. The van der Waals surface area contributed by atoms with Crippen LogP contribution in [0, 0.1) is 11.3 Å². The normalized spacial score (nSPS) is 13.3. The molecule has 0 aromatic heterocycles. The molecular formula is C19H13ClN6O2. The van der Waals surface area contributed by atoms with Crippen LogP contribution >= 0.6 is 11.6 Å². The molecule has 3 aromatic rings. The molecule has 0 bridgehead atoms. The van der Waals surface area contributed by atoms with Gasteiger partial charge in [-0.05, 0) is 53.2 Å². The zero-order valence-electron chi connectivity index (χ0n) is 14.3. The highest BCUT2D eigenvalue weighted by Crippen LogP contribution is 2.30.